The van der Waals surface area contributed by atoms with Crippen molar-refractivity contribution < 1.29 is 14.3 Å². The number of nitrogens with one attached hydrogen (secondary N) is 1. The number of benzene rings is 3. The normalized spacial score (nSPS) is 15.4. The minimum atomic E-state index is -0.139. The molecule has 0 saturated carbocycles. The van der Waals surface area contributed by atoms with Crippen LogP contribution in [0.25, 0.3) is 0 Å². The zero-order valence-corrected chi connectivity index (χ0v) is 20.0. The molecule has 3 aromatic carbocycles. The van der Waals surface area contributed by atoms with Gasteiger partial charge in [0.15, 0.2) is 0 Å². The second-order valence-electron chi connectivity index (χ2n) is 8.75. The van der Waals surface area contributed by atoms with E-state index in [9.17, 15) is 9.59 Å². The number of anilines is 2. The largest absolute Gasteiger partial charge is 0.496 e. The van der Waals surface area contributed by atoms with Crippen molar-refractivity contribution in [3.05, 3.63) is 89.5 Å². The van der Waals surface area contributed by atoms with Crippen molar-refractivity contribution in [3.8, 4) is 5.75 Å². The fourth-order valence-electron chi connectivity index (χ4n) is 4.56. The highest BCUT2D eigenvalue weighted by molar-refractivity contribution is 6.07. The van der Waals surface area contributed by atoms with Crippen molar-refractivity contribution in [2.45, 2.75) is 25.3 Å². The van der Waals surface area contributed by atoms with Crippen LogP contribution in [0.1, 0.15) is 40.4 Å². The Labute approximate surface area is 201 Å². The molecule has 1 aliphatic heterocycles. The number of hydrogen-bond donors (Lipinski definition) is 1. The number of para-hydroxylation sites is 2. The van der Waals surface area contributed by atoms with Crippen LogP contribution in [0.5, 0.6) is 5.75 Å². The van der Waals surface area contributed by atoms with Gasteiger partial charge in [-0.05, 0) is 68.9 Å². The maximum Gasteiger partial charge on any atom is 0.258 e. The molecule has 1 N–H and O–H groups in total. The predicted octanol–water partition coefficient (Wildman–Crippen LogP) is 4.92. The van der Waals surface area contributed by atoms with Crippen LogP contribution in [0.3, 0.4) is 0 Å². The van der Waals surface area contributed by atoms with Crippen LogP contribution in [-0.2, 0) is 11.2 Å². The molecule has 0 spiro atoms. The fraction of sp³-hybridized carbons (Fsp3) is 0.286. The van der Waals surface area contributed by atoms with Gasteiger partial charge in [0.1, 0.15) is 5.75 Å². The van der Waals surface area contributed by atoms with Gasteiger partial charge in [-0.15, -0.1) is 0 Å². The lowest BCUT2D eigenvalue weighted by Gasteiger charge is -2.27. The number of hydrogen-bond acceptors (Lipinski definition) is 4. The summed E-state index contributed by atoms with van der Waals surface area (Å²) in [6, 6.07) is 23.0. The molecular formula is C28H31N3O3. The van der Waals surface area contributed by atoms with E-state index in [1.807, 2.05) is 47.4 Å². The van der Waals surface area contributed by atoms with Crippen LogP contribution in [0.4, 0.5) is 11.4 Å². The first kappa shape index (κ1) is 23.5. The zero-order chi connectivity index (χ0) is 24.1. The average molecular weight is 458 g/mol. The summed E-state index contributed by atoms with van der Waals surface area (Å²) >= 11 is 0. The van der Waals surface area contributed by atoms with Crippen molar-refractivity contribution >= 4 is 23.2 Å². The number of ether oxygens (including phenoxy) is 1. The quantitative estimate of drug-likeness (QED) is 0.571. The van der Waals surface area contributed by atoms with Crippen molar-refractivity contribution in [2.75, 3.05) is 38.0 Å². The van der Waals surface area contributed by atoms with Gasteiger partial charge < -0.3 is 19.9 Å². The summed E-state index contributed by atoms with van der Waals surface area (Å²) < 4.78 is 5.32. The third-order valence-electron chi connectivity index (χ3n) is 6.27. The lowest BCUT2D eigenvalue weighted by Crippen LogP contribution is -2.31. The Hall–Kier alpha value is -3.64. The van der Waals surface area contributed by atoms with Crippen LogP contribution in [0, 0.1) is 0 Å². The van der Waals surface area contributed by atoms with E-state index in [0.29, 0.717) is 23.5 Å². The number of rotatable bonds is 6. The van der Waals surface area contributed by atoms with Gasteiger partial charge in [-0.1, -0.05) is 36.4 Å². The van der Waals surface area contributed by atoms with E-state index in [1.165, 1.54) is 5.56 Å². The molecule has 6 nitrogen and oxygen atoms in total. The van der Waals surface area contributed by atoms with E-state index in [0.717, 1.165) is 24.1 Å². The van der Waals surface area contributed by atoms with Gasteiger partial charge in [-0.3, -0.25) is 9.59 Å². The number of carbonyl (C=O) groups excluding carboxylic acids is 2. The van der Waals surface area contributed by atoms with E-state index in [1.54, 1.807) is 31.4 Å². The van der Waals surface area contributed by atoms with Crippen molar-refractivity contribution in [1.82, 2.24) is 4.90 Å². The second-order valence-corrected chi connectivity index (χ2v) is 8.75. The SMILES string of the molecule is COc1ccccc1CC(=O)Nc1ccc(C(=O)N2CCCC(N(C)C)c3ccccc32)cc1. The van der Waals surface area contributed by atoms with Crippen molar-refractivity contribution in [2.24, 2.45) is 0 Å². The zero-order valence-electron chi connectivity index (χ0n) is 20.0. The molecule has 0 radical (unpaired) electrons. The first-order chi connectivity index (χ1) is 16.5. The molecule has 4 rings (SSSR count). The van der Waals surface area contributed by atoms with Gasteiger partial charge in [0, 0.05) is 35.1 Å². The molecule has 0 aromatic heterocycles. The topological polar surface area (TPSA) is 61.9 Å². The van der Waals surface area contributed by atoms with E-state index in [4.69, 9.17) is 4.74 Å². The molecule has 176 valence electrons. The van der Waals surface area contributed by atoms with Crippen molar-refractivity contribution in [1.29, 1.82) is 0 Å². The third kappa shape index (κ3) is 5.13. The molecule has 34 heavy (non-hydrogen) atoms. The highest BCUT2D eigenvalue weighted by Gasteiger charge is 2.27. The van der Waals surface area contributed by atoms with Gasteiger partial charge in [-0.2, -0.15) is 0 Å². The highest BCUT2D eigenvalue weighted by atomic mass is 16.5. The van der Waals surface area contributed by atoms with Gasteiger partial charge in [-0.25, -0.2) is 0 Å². The first-order valence-corrected chi connectivity index (χ1v) is 11.6. The van der Waals surface area contributed by atoms with Gasteiger partial charge >= 0.3 is 0 Å². The summed E-state index contributed by atoms with van der Waals surface area (Å²) in [6.07, 6.45) is 2.15. The van der Waals surface area contributed by atoms with E-state index < -0.39 is 0 Å². The maximum absolute atomic E-state index is 13.4. The summed E-state index contributed by atoms with van der Waals surface area (Å²) in [4.78, 5) is 30.1. The molecule has 0 saturated heterocycles. The molecule has 2 amide bonds. The van der Waals surface area contributed by atoms with E-state index in [-0.39, 0.29) is 24.3 Å². The van der Waals surface area contributed by atoms with E-state index in [2.05, 4.69) is 30.4 Å². The van der Waals surface area contributed by atoms with E-state index >= 15 is 0 Å². The van der Waals surface area contributed by atoms with Crippen LogP contribution < -0.4 is 15.0 Å². The summed E-state index contributed by atoms with van der Waals surface area (Å²) in [6.45, 7) is 0.678. The molecule has 0 aliphatic carbocycles. The molecule has 1 unspecified atom stereocenters. The monoisotopic (exact) mass is 457 g/mol. The standard InChI is InChI=1S/C28H31N3O3/c1-30(2)24-12-8-18-31(25-11-6-5-10-23(24)25)28(33)20-14-16-22(17-15-20)29-27(32)19-21-9-4-7-13-26(21)34-3/h4-7,9-11,13-17,24H,8,12,18-19H2,1-3H3,(H,29,32). The smallest absolute Gasteiger partial charge is 0.258 e. The Bertz CT molecular complexity index is 1160. The number of carbonyl (C=O) groups is 2. The number of methoxy groups -OCH3 is 1. The predicted molar refractivity (Wildman–Crippen MR) is 136 cm³/mol. The molecule has 6 heteroatoms. The molecule has 0 bridgehead atoms. The second kappa shape index (κ2) is 10.5. The lowest BCUT2D eigenvalue weighted by molar-refractivity contribution is -0.115. The summed E-state index contributed by atoms with van der Waals surface area (Å²) in [5, 5.41) is 2.91. The molecule has 1 heterocycles. The lowest BCUT2D eigenvalue weighted by atomic mass is 10.0. The fourth-order valence-corrected chi connectivity index (χ4v) is 4.56. The highest BCUT2D eigenvalue weighted by Crippen LogP contribution is 2.36. The minimum absolute atomic E-state index is 0.0289. The first-order valence-electron chi connectivity index (χ1n) is 11.6. The van der Waals surface area contributed by atoms with Crippen LogP contribution in [0.2, 0.25) is 0 Å². The average Bonchev–Trinajstić information content (AvgIpc) is 3.04. The summed E-state index contributed by atoms with van der Waals surface area (Å²) in [5.74, 6) is 0.520. The number of fused-ring (bicyclic) bond motifs is 1. The van der Waals surface area contributed by atoms with Crippen LogP contribution in [0.15, 0.2) is 72.8 Å². The van der Waals surface area contributed by atoms with Crippen LogP contribution in [-0.4, -0.2) is 44.5 Å². The Kier molecular flexibility index (Phi) is 7.28. The van der Waals surface area contributed by atoms with Gasteiger partial charge in [0.05, 0.1) is 13.5 Å². The Morgan fingerprint density at radius 3 is 2.44 bits per heavy atom. The minimum Gasteiger partial charge on any atom is -0.496 e. The maximum atomic E-state index is 13.4. The molecular weight excluding hydrogens is 426 g/mol. The Morgan fingerprint density at radius 2 is 1.71 bits per heavy atom. The Balaban J connectivity index is 1.48. The number of nitrogens with zero attached hydrogens (tertiary/aromatic N) is 2. The summed E-state index contributed by atoms with van der Waals surface area (Å²) in [5.41, 5.74) is 4.22. The van der Waals surface area contributed by atoms with Gasteiger partial charge in [0.2, 0.25) is 5.91 Å². The van der Waals surface area contributed by atoms with Crippen molar-refractivity contribution in [3.63, 3.8) is 0 Å². The molecule has 1 atom stereocenters. The molecule has 3 aromatic rings. The van der Waals surface area contributed by atoms with Gasteiger partial charge in [0.25, 0.3) is 5.91 Å². The third-order valence-corrected chi connectivity index (χ3v) is 6.27. The summed E-state index contributed by atoms with van der Waals surface area (Å²) in [7, 11) is 5.76. The molecule has 0 fully saturated rings. The van der Waals surface area contributed by atoms with Crippen LogP contribution >= 0.6 is 0 Å². The molecule has 1 aliphatic rings. The Morgan fingerprint density at radius 1 is 1.00 bits per heavy atom. The number of amides is 2.